The summed E-state index contributed by atoms with van der Waals surface area (Å²) in [6.07, 6.45) is -2.13. The van der Waals surface area contributed by atoms with Crippen molar-refractivity contribution < 1.29 is 23.9 Å². The Balaban J connectivity index is 2.70. The largest absolute Gasteiger partial charge is 0.453 e. The zero-order chi connectivity index (χ0) is 15.3. The van der Waals surface area contributed by atoms with Crippen molar-refractivity contribution in [2.24, 2.45) is 0 Å². The molecule has 0 unspecified atom stereocenters. The molecule has 0 spiro atoms. The number of esters is 1. The third kappa shape index (κ3) is 4.40. The van der Waals surface area contributed by atoms with Gasteiger partial charge in [-0.05, 0) is 25.1 Å². The van der Waals surface area contributed by atoms with Crippen molar-refractivity contribution in [3.8, 4) is 0 Å². The van der Waals surface area contributed by atoms with E-state index in [1.54, 1.807) is 0 Å². The van der Waals surface area contributed by atoms with Gasteiger partial charge in [-0.15, -0.1) is 0 Å². The number of carbonyl (C=O) groups is 3. The van der Waals surface area contributed by atoms with E-state index in [4.69, 9.17) is 27.9 Å². The lowest BCUT2D eigenvalue weighted by atomic mass is 10.2. The minimum atomic E-state index is -1.19. The number of halogens is 2. The molecule has 0 aromatic heterocycles. The highest BCUT2D eigenvalue weighted by atomic mass is 35.5. The number of rotatable bonds is 3. The molecule has 0 saturated carbocycles. The number of imide groups is 1. The van der Waals surface area contributed by atoms with Crippen LogP contribution in [0.25, 0.3) is 0 Å². The lowest BCUT2D eigenvalue weighted by Gasteiger charge is -2.13. The standard InChI is InChI=1S/C12H11Cl2NO5/c1-6(10(16)15-12(18)19-2)20-11(17)8-4-3-7(13)5-9(8)14/h3-6H,1-2H3,(H,15,16,18)/t6-/m0/s1. The highest BCUT2D eigenvalue weighted by Gasteiger charge is 2.22. The molecule has 0 aliphatic heterocycles. The van der Waals surface area contributed by atoms with Gasteiger partial charge in [0, 0.05) is 5.02 Å². The molecule has 0 fully saturated rings. The molecular formula is C12H11Cl2NO5. The first kappa shape index (κ1) is 16.3. The Bertz CT molecular complexity index is 547. The van der Waals surface area contributed by atoms with Gasteiger partial charge in [-0.1, -0.05) is 23.2 Å². The van der Waals surface area contributed by atoms with Crippen molar-refractivity contribution >= 4 is 41.2 Å². The Morgan fingerprint density at radius 2 is 1.90 bits per heavy atom. The molecule has 20 heavy (non-hydrogen) atoms. The third-order valence-electron chi connectivity index (χ3n) is 2.21. The molecule has 8 heteroatoms. The second kappa shape index (κ2) is 7.12. The fourth-order valence-corrected chi connectivity index (χ4v) is 1.67. The number of hydrogen-bond donors (Lipinski definition) is 1. The Hall–Kier alpha value is -1.79. The van der Waals surface area contributed by atoms with Gasteiger partial charge in [0.05, 0.1) is 17.7 Å². The minimum absolute atomic E-state index is 0.0637. The topological polar surface area (TPSA) is 81.7 Å². The summed E-state index contributed by atoms with van der Waals surface area (Å²) in [5.74, 6) is -1.62. The van der Waals surface area contributed by atoms with Crippen LogP contribution in [0, 0.1) is 0 Å². The summed E-state index contributed by atoms with van der Waals surface area (Å²) in [5, 5.41) is 2.34. The second-order valence-electron chi connectivity index (χ2n) is 3.65. The zero-order valence-corrected chi connectivity index (χ0v) is 12.1. The van der Waals surface area contributed by atoms with Gasteiger partial charge >= 0.3 is 12.1 Å². The van der Waals surface area contributed by atoms with E-state index in [-0.39, 0.29) is 10.6 Å². The molecule has 1 N–H and O–H groups in total. The van der Waals surface area contributed by atoms with Gasteiger partial charge in [0.15, 0.2) is 6.10 Å². The quantitative estimate of drug-likeness (QED) is 0.865. The number of amides is 2. The molecule has 1 atom stereocenters. The molecular weight excluding hydrogens is 309 g/mol. The second-order valence-corrected chi connectivity index (χ2v) is 4.50. The van der Waals surface area contributed by atoms with Crippen LogP contribution in [-0.2, 0) is 14.3 Å². The van der Waals surface area contributed by atoms with Crippen LogP contribution in [0.4, 0.5) is 4.79 Å². The van der Waals surface area contributed by atoms with Crippen molar-refractivity contribution in [1.29, 1.82) is 0 Å². The molecule has 0 aliphatic carbocycles. The predicted molar refractivity (Wildman–Crippen MR) is 71.9 cm³/mol. The molecule has 0 aliphatic rings. The fraction of sp³-hybridized carbons (Fsp3) is 0.250. The molecule has 0 heterocycles. The van der Waals surface area contributed by atoms with Crippen molar-refractivity contribution in [1.82, 2.24) is 5.32 Å². The number of benzene rings is 1. The molecule has 2 amide bonds. The van der Waals surface area contributed by atoms with Crippen molar-refractivity contribution in [2.75, 3.05) is 7.11 Å². The van der Waals surface area contributed by atoms with Crippen LogP contribution >= 0.6 is 23.2 Å². The number of alkyl carbamates (subject to hydrolysis) is 1. The number of hydrogen-bond acceptors (Lipinski definition) is 5. The van der Waals surface area contributed by atoms with E-state index in [1.165, 1.54) is 25.1 Å². The number of ether oxygens (including phenoxy) is 2. The molecule has 1 aromatic carbocycles. The maximum Gasteiger partial charge on any atom is 0.413 e. The fourth-order valence-electron chi connectivity index (χ4n) is 1.19. The highest BCUT2D eigenvalue weighted by Crippen LogP contribution is 2.22. The lowest BCUT2D eigenvalue weighted by molar-refractivity contribution is -0.128. The van der Waals surface area contributed by atoms with Crippen molar-refractivity contribution in [3.63, 3.8) is 0 Å². The number of carbonyl (C=O) groups excluding carboxylic acids is 3. The highest BCUT2D eigenvalue weighted by molar-refractivity contribution is 6.36. The van der Waals surface area contributed by atoms with Crippen molar-refractivity contribution in [2.45, 2.75) is 13.0 Å². The Labute approximate surface area is 124 Å². The summed E-state index contributed by atoms with van der Waals surface area (Å²) in [6, 6.07) is 4.21. The number of nitrogens with one attached hydrogen (secondary N) is 1. The first-order chi connectivity index (χ1) is 9.35. The van der Waals surface area contributed by atoms with Gasteiger partial charge in [-0.25, -0.2) is 9.59 Å². The van der Waals surface area contributed by atoms with E-state index < -0.39 is 24.1 Å². The van der Waals surface area contributed by atoms with Crippen LogP contribution in [0.3, 0.4) is 0 Å². The van der Waals surface area contributed by atoms with Crippen LogP contribution in [0.2, 0.25) is 10.0 Å². The van der Waals surface area contributed by atoms with E-state index in [0.717, 1.165) is 7.11 Å². The SMILES string of the molecule is COC(=O)NC(=O)[C@H](C)OC(=O)c1ccc(Cl)cc1Cl. The molecule has 1 aromatic rings. The minimum Gasteiger partial charge on any atom is -0.453 e. The van der Waals surface area contributed by atoms with Gasteiger partial charge in [0.25, 0.3) is 5.91 Å². The molecule has 6 nitrogen and oxygen atoms in total. The van der Waals surface area contributed by atoms with Crippen LogP contribution < -0.4 is 5.32 Å². The van der Waals surface area contributed by atoms with E-state index in [1.807, 2.05) is 5.32 Å². The number of methoxy groups -OCH3 is 1. The van der Waals surface area contributed by atoms with E-state index in [9.17, 15) is 14.4 Å². The summed E-state index contributed by atoms with van der Waals surface area (Å²) in [5.41, 5.74) is 0.0637. The van der Waals surface area contributed by atoms with E-state index in [0.29, 0.717) is 5.02 Å². The Morgan fingerprint density at radius 3 is 2.45 bits per heavy atom. The molecule has 1 rings (SSSR count). The third-order valence-corrected chi connectivity index (χ3v) is 2.76. The Morgan fingerprint density at radius 1 is 1.25 bits per heavy atom. The maximum absolute atomic E-state index is 11.8. The van der Waals surface area contributed by atoms with E-state index in [2.05, 4.69) is 4.74 Å². The van der Waals surface area contributed by atoms with Crippen molar-refractivity contribution in [3.05, 3.63) is 33.8 Å². The first-order valence-corrected chi connectivity index (χ1v) is 6.15. The smallest absolute Gasteiger partial charge is 0.413 e. The maximum atomic E-state index is 11.8. The van der Waals surface area contributed by atoms with Crippen LogP contribution in [0.1, 0.15) is 17.3 Å². The Kier molecular flexibility index (Phi) is 5.79. The first-order valence-electron chi connectivity index (χ1n) is 5.40. The summed E-state index contributed by atoms with van der Waals surface area (Å²) in [4.78, 5) is 34.1. The normalized spacial score (nSPS) is 11.4. The lowest BCUT2D eigenvalue weighted by Crippen LogP contribution is -2.39. The van der Waals surface area contributed by atoms with Gasteiger partial charge in [-0.2, -0.15) is 0 Å². The average Bonchev–Trinajstić information content (AvgIpc) is 2.37. The van der Waals surface area contributed by atoms with Gasteiger partial charge in [0.2, 0.25) is 0 Å². The van der Waals surface area contributed by atoms with Gasteiger partial charge in [-0.3, -0.25) is 10.1 Å². The monoisotopic (exact) mass is 319 g/mol. The van der Waals surface area contributed by atoms with Gasteiger partial charge < -0.3 is 9.47 Å². The van der Waals surface area contributed by atoms with E-state index >= 15 is 0 Å². The van der Waals surface area contributed by atoms with Crippen LogP contribution in [-0.4, -0.2) is 31.2 Å². The molecule has 0 saturated heterocycles. The molecule has 0 bridgehead atoms. The zero-order valence-electron chi connectivity index (χ0n) is 10.6. The predicted octanol–water partition coefficient (Wildman–Crippen LogP) is 2.42. The summed E-state index contributed by atoms with van der Waals surface area (Å²) in [7, 11) is 1.10. The summed E-state index contributed by atoms with van der Waals surface area (Å²) in [6.45, 7) is 1.31. The van der Waals surface area contributed by atoms with Crippen LogP contribution in [0.15, 0.2) is 18.2 Å². The summed E-state index contributed by atoms with van der Waals surface area (Å²) >= 11 is 11.5. The van der Waals surface area contributed by atoms with Crippen LogP contribution in [0.5, 0.6) is 0 Å². The van der Waals surface area contributed by atoms with Gasteiger partial charge in [0.1, 0.15) is 0 Å². The average molecular weight is 320 g/mol. The molecule has 0 radical (unpaired) electrons. The summed E-state index contributed by atoms with van der Waals surface area (Å²) < 4.78 is 9.12. The molecule has 108 valence electrons.